The molecule has 3 rings (SSSR count). The number of pyridine rings is 1. The smallest absolute Gasteiger partial charge is 0.223 e. The second-order valence-electron chi connectivity index (χ2n) is 6.81. The first-order chi connectivity index (χ1) is 11.2. The van der Waals surface area contributed by atoms with Gasteiger partial charge in [0.2, 0.25) is 5.43 Å². The molecule has 0 atom stereocenters. The highest BCUT2D eigenvalue weighted by Crippen LogP contribution is 2.28. The molecule has 0 radical (unpaired) electrons. The number of hydrogen-bond acceptors (Lipinski definition) is 4. The molecule has 0 aromatic carbocycles. The summed E-state index contributed by atoms with van der Waals surface area (Å²) in [5.41, 5.74) is 0.760. The number of aromatic nitrogens is 1. The molecule has 23 heavy (non-hydrogen) atoms. The fraction of sp³-hybridized carbons (Fsp3) is 0.722. The Hall–Kier alpha value is -1.33. The summed E-state index contributed by atoms with van der Waals surface area (Å²) in [6.07, 6.45) is 10.3. The first-order valence-electron chi connectivity index (χ1n) is 8.98. The van der Waals surface area contributed by atoms with Gasteiger partial charge in [0, 0.05) is 37.4 Å². The maximum Gasteiger partial charge on any atom is 0.223 e. The minimum absolute atomic E-state index is 0.127. The van der Waals surface area contributed by atoms with E-state index < -0.39 is 0 Å². The van der Waals surface area contributed by atoms with Crippen molar-refractivity contribution in [2.24, 2.45) is 0 Å². The van der Waals surface area contributed by atoms with Gasteiger partial charge in [-0.15, -0.1) is 0 Å². The first kappa shape index (κ1) is 16.5. The fourth-order valence-electron chi connectivity index (χ4n) is 3.75. The van der Waals surface area contributed by atoms with Crippen molar-refractivity contribution in [2.45, 2.75) is 57.5 Å². The zero-order chi connectivity index (χ0) is 16.1. The van der Waals surface area contributed by atoms with Crippen LogP contribution in [0.5, 0.6) is 5.75 Å². The van der Waals surface area contributed by atoms with Crippen molar-refractivity contribution in [3.05, 3.63) is 28.2 Å². The van der Waals surface area contributed by atoms with Gasteiger partial charge in [-0.25, -0.2) is 0 Å². The molecular formula is C18H28N2O3. The van der Waals surface area contributed by atoms with Crippen molar-refractivity contribution in [3.63, 3.8) is 0 Å². The van der Waals surface area contributed by atoms with Crippen LogP contribution in [-0.2, 0) is 11.3 Å². The van der Waals surface area contributed by atoms with Crippen LogP contribution in [0.25, 0.3) is 0 Å². The molecule has 1 N–H and O–H groups in total. The molecule has 0 amide bonds. The van der Waals surface area contributed by atoms with E-state index in [1.54, 1.807) is 12.3 Å². The van der Waals surface area contributed by atoms with Gasteiger partial charge in [0.05, 0.1) is 19.4 Å². The van der Waals surface area contributed by atoms with Crippen LogP contribution >= 0.6 is 0 Å². The van der Waals surface area contributed by atoms with Crippen LogP contribution < -0.4 is 5.43 Å². The second-order valence-corrected chi connectivity index (χ2v) is 6.81. The molecule has 1 saturated heterocycles. The summed E-state index contributed by atoms with van der Waals surface area (Å²) in [5.74, 6) is -0.127. The molecule has 1 aromatic rings. The predicted octanol–water partition coefficient (Wildman–Crippen LogP) is 2.67. The maximum atomic E-state index is 11.9. The maximum absolute atomic E-state index is 11.9. The highest BCUT2D eigenvalue weighted by molar-refractivity contribution is 5.21. The lowest BCUT2D eigenvalue weighted by Gasteiger charge is -2.30. The highest BCUT2D eigenvalue weighted by Gasteiger charge is 2.19. The van der Waals surface area contributed by atoms with Crippen LogP contribution in [0.2, 0.25) is 0 Å². The van der Waals surface area contributed by atoms with Gasteiger partial charge in [0.25, 0.3) is 0 Å². The van der Waals surface area contributed by atoms with Crippen LogP contribution in [-0.4, -0.2) is 40.9 Å². The summed E-state index contributed by atoms with van der Waals surface area (Å²) in [7, 11) is 0. The molecule has 1 aliphatic heterocycles. The molecule has 0 bridgehead atoms. The fourth-order valence-corrected chi connectivity index (χ4v) is 3.75. The molecule has 1 saturated carbocycles. The van der Waals surface area contributed by atoms with Gasteiger partial charge in [-0.2, -0.15) is 0 Å². The molecule has 2 heterocycles. The molecule has 5 heteroatoms. The van der Waals surface area contributed by atoms with Gasteiger partial charge in [0.1, 0.15) is 0 Å². The predicted molar refractivity (Wildman–Crippen MR) is 89.8 cm³/mol. The largest absolute Gasteiger partial charge is 0.503 e. The summed E-state index contributed by atoms with van der Waals surface area (Å²) < 4.78 is 7.59. The van der Waals surface area contributed by atoms with Crippen molar-refractivity contribution >= 4 is 0 Å². The number of hydrogen-bond donors (Lipinski definition) is 1. The highest BCUT2D eigenvalue weighted by atomic mass is 16.5. The Labute approximate surface area is 137 Å². The summed E-state index contributed by atoms with van der Waals surface area (Å²) in [6.45, 7) is 4.08. The topological polar surface area (TPSA) is 54.7 Å². The third-order valence-electron chi connectivity index (χ3n) is 5.10. The van der Waals surface area contributed by atoms with E-state index in [0.717, 1.165) is 51.4 Å². The minimum Gasteiger partial charge on any atom is -0.503 e. The van der Waals surface area contributed by atoms with Crippen molar-refractivity contribution in [1.29, 1.82) is 0 Å². The average molecular weight is 320 g/mol. The summed E-state index contributed by atoms with van der Waals surface area (Å²) in [4.78, 5) is 14.3. The number of ether oxygens (including phenoxy) is 1. The quantitative estimate of drug-likeness (QED) is 0.930. The Morgan fingerprint density at radius 1 is 1.09 bits per heavy atom. The Balaban J connectivity index is 1.83. The SMILES string of the molecule is O=c1cc(CN2CCOCC2)n(C2CCCCCCC2)cc1O. The van der Waals surface area contributed by atoms with E-state index in [1.165, 1.54) is 32.1 Å². The minimum atomic E-state index is -0.268. The van der Waals surface area contributed by atoms with Gasteiger partial charge in [0.15, 0.2) is 5.75 Å². The zero-order valence-corrected chi connectivity index (χ0v) is 13.9. The molecule has 0 unspecified atom stereocenters. The molecule has 1 aliphatic carbocycles. The van der Waals surface area contributed by atoms with E-state index in [2.05, 4.69) is 9.47 Å². The first-order valence-corrected chi connectivity index (χ1v) is 8.98. The van der Waals surface area contributed by atoms with Crippen molar-refractivity contribution in [1.82, 2.24) is 9.47 Å². The summed E-state index contributed by atoms with van der Waals surface area (Å²) in [5, 5.41) is 9.92. The lowest BCUT2D eigenvalue weighted by atomic mass is 9.96. The number of rotatable bonds is 3. The lowest BCUT2D eigenvalue weighted by Crippen LogP contribution is -2.37. The van der Waals surface area contributed by atoms with E-state index >= 15 is 0 Å². The Morgan fingerprint density at radius 2 is 1.74 bits per heavy atom. The molecule has 128 valence electrons. The van der Waals surface area contributed by atoms with Crippen LogP contribution in [0.4, 0.5) is 0 Å². The van der Waals surface area contributed by atoms with E-state index in [-0.39, 0.29) is 11.2 Å². The van der Waals surface area contributed by atoms with Crippen molar-refractivity contribution < 1.29 is 9.84 Å². The molecule has 2 aliphatic rings. The van der Waals surface area contributed by atoms with Gasteiger partial charge in [-0.3, -0.25) is 9.69 Å². The van der Waals surface area contributed by atoms with Gasteiger partial charge in [-0.05, 0) is 12.8 Å². The van der Waals surface area contributed by atoms with Crippen molar-refractivity contribution in [3.8, 4) is 5.75 Å². The van der Waals surface area contributed by atoms with E-state index in [4.69, 9.17) is 4.74 Å². The van der Waals surface area contributed by atoms with E-state index in [0.29, 0.717) is 6.04 Å². The summed E-state index contributed by atoms with van der Waals surface area (Å²) >= 11 is 0. The Bertz CT molecular complexity index is 556. The molecule has 0 spiro atoms. The second kappa shape index (κ2) is 7.97. The normalized spacial score (nSPS) is 21.7. The third-order valence-corrected chi connectivity index (χ3v) is 5.10. The zero-order valence-electron chi connectivity index (χ0n) is 13.9. The summed E-state index contributed by atoms with van der Waals surface area (Å²) in [6, 6.07) is 2.03. The van der Waals surface area contributed by atoms with Gasteiger partial charge >= 0.3 is 0 Å². The standard InChI is InChI=1S/C18H28N2O3/c21-17-12-16(13-19-8-10-23-11-9-19)20(14-18(17)22)15-6-4-2-1-3-5-7-15/h12,14-15,22H,1-11,13H2. The molecule has 5 nitrogen and oxygen atoms in total. The molecule has 2 fully saturated rings. The molecule has 1 aromatic heterocycles. The Morgan fingerprint density at radius 3 is 2.43 bits per heavy atom. The average Bonchev–Trinajstić information content (AvgIpc) is 2.52. The number of morpholine rings is 1. The van der Waals surface area contributed by atoms with Crippen LogP contribution in [0.1, 0.15) is 56.7 Å². The van der Waals surface area contributed by atoms with E-state index in [1.807, 2.05) is 0 Å². The van der Waals surface area contributed by atoms with Crippen molar-refractivity contribution in [2.75, 3.05) is 26.3 Å². The van der Waals surface area contributed by atoms with Crippen LogP contribution in [0, 0.1) is 0 Å². The van der Waals surface area contributed by atoms with E-state index in [9.17, 15) is 9.90 Å². The van der Waals surface area contributed by atoms with Crippen LogP contribution in [0.15, 0.2) is 17.1 Å². The number of aromatic hydroxyl groups is 1. The molecular weight excluding hydrogens is 292 g/mol. The third kappa shape index (κ3) is 4.36. The van der Waals surface area contributed by atoms with Gasteiger partial charge in [-0.1, -0.05) is 32.1 Å². The van der Waals surface area contributed by atoms with Gasteiger partial charge < -0.3 is 14.4 Å². The Kier molecular flexibility index (Phi) is 5.73. The monoisotopic (exact) mass is 320 g/mol. The van der Waals surface area contributed by atoms with Crippen LogP contribution in [0.3, 0.4) is 0 Å². The number of nitrogens with zero attached hydrogens (tertiary/aromatic N) is 2. The lowest BCUT2D eigenvalue weighted by molar-refractivity contribution is 0.0328.